The van der Waals surface area contributed by atoms with E-state index in [0.717, 1.165) is 54.7 Å². The molecule has 0 spiro atoms. The molecule has 1 saturated heterocycles. The van der Waals surface area contributed by atoms with Crippen LogP contribution in [-0.2, 0) is 22.6 Å². The maximum Gasteiger partial charge on any atom is 0.290 e. The molecule has 3 rings (SSSR count). The van der Waals surface area contributed by atoms with Crippen molar-refractivity contribution in [3.05, 3.63) is 38.5 Å². The zero-order valence-corrected chi connectivity index (χ0v) is 15.9. The van der Waals surface area contributed by atoms with Gasteiger partial charge in [0.15, 0.2) is 0 Å². The number of thiophene rings is 1. The number of carboxylic acid groups (broad SMARTS) is 1. The molecule has 1 aliphatic rings. The third-order valence-corrected chi connectivity index (χ3v) is 5.60. The molecule has 1 amide bonds. The maximum absolute atomic E-state index is 12.4. The van der Waals surface area contributed by atoms with Gasteiger partial charge in [0, 0.05) is 43.0 Å². The van der Waals surface area contributed by atoms with E-state index in [0.29, 0.717) is 6.42 Å². The van der Waals surface area contributed by atoms with Gasteiger partial charge in [-0.2, -0.15) is 0 Å². The Hall–Kier alpha value is -1.77. The normalized spacial score (nSPS) is 15.2. The Labute approximate surface area is 155 Å². The smallest absolute Gasteiger partial charge is 0.290 e. The van der Waals surface area contributed by atoms with E-state index in [9.17, 15) is 4.79 Å². The van der Waals surface area contributed by atoms with Crippen molar-refractivity contribution >= 4 is 35.1 Å². The van der Waals surface area contributed by atoms with E-state index >= 15 is 0 Å². The van der Waals surface area contributed by atoms with E-state index in [4.69, 9.17) is 9.90 Å². The summed E-state index contributed by atoms with van der Waals surface area (Å²) in [5.74, 6) is 0.258. The molecule has 0 atom stereocenters. The molecule has 1 N–H and O–H groups in total. The number of aromatic nitrogens is 1. The average Bonchev–Trinajstić information content (AvgIpc) is 3.16. The van der Waals surface area contributed by atoms with Crippen LogP contribution in [-0.4, -0.2) is 58.4 Å². The van der Waals surface area contributed by atoms with Gasteiger partial charge in [0.2, 0.25) is 5.91 Å². The van der Waals surface area contributed by atoms with E-state index < -0.39 is 0 Å². The van der Waals surface area contributed by atoms with Crippen LogP contribution in [0.15, 0.2) is 22.9 Å². The largest absolute Gasteiger partial charge is 0.483 e. The molecule has 2 aromatic rings. The zero-order valence-electron chi connectivity index (χ0n) is 14.3. The summed E-state index contributed by atoms with van der Waals surface area (Å²) in [5.41, 5.74) is 1.15. The highest BCUT2D eigenvalue weighted by molar-refractivity contribution is 7.10. The summed E-state index contributed by atoms with van der Waals surface area (Å²) in [6, 6.07) is 4.05. The molecule has 3 heterocycles. The second-order valence-electron chi connectivity index (χ2n) is 5.73. The van der Waals surface area contributed by atoms with Crippen molar-refractivity contribution in [1.29, 1.82) is 0 Å². The van der Waals surface area contributed by atoms with Gasteiger partial charge in [0.25, 0.3) is 6.47 Å². The number of amides is 1. The van der Waals surface area contributed by atoms with Crippen LogP contribution in [0.3, 0.4) is 0 Å². The molecule has 1 aliphatic heterocycles. The van der Waals surface area contributed by atoms with Crippen molar-refractivity contribution < 1.29 is 14.7 Å². The summed E-state index contributed by atoms with van der Waals surface area (Å²) in [6.45, 7) is 6.37. The minimum atomic E-state index is -0.250. The van der Waals surface area contributed by atoms with E-state index in [2.05, 4.69) is 15.3 Å². The van der Waals surface area contributed by atoms with Gasteiger partial charge < -0.3 is 10.0 Å². The predicted octanol–water partition coefficient (Wildman–Crippen LogP) is 2.49. The lowest BCUT2D eigenvalue weighted by Gasteiger charge is -2.21. The number of hydrogen-bond donors (Lipinski definition) is 1. The predicted molar refractivity (Wildman–Crippen MR) is 100 cm³/mol. The number of hydrogen-bond acceptors (Lipinski definition) is 6. The van der Waals surface area contributed by atoms with Crippen molar-refractivity contribution in [3.63, 3.8) is 0 Å². The van der Waals surface area contributed by atoms with Crippen molar-refractivity contribution in [2.24, 2.45) is 0 Å². The average molecular weight is 382 g/mol. The second kappa shape index (κ2) is 10.3. The fourth-order valence-corrected chi connectivity index (χ4v) is 4.06. The minimum Gasteiger partial charge on any atom is -0.483 e. The number of rotatable bonds is 4. The molecule has 8 heteroatoms. The summed E-state index contributed by atoms with van der Waals surface area (Å²) in [4.78, 5) is 30.9. The Balaban J connectivity index is 0.000000701. The van der Waals surface area contributed by atoms with Crippen molar-refractivity contribution in [2.45, 2.75) is 26.3 Å². The van der Waals surface area contributed by atoms with E-state index in [1.165, 1.54) is 0 Å². The van der Waals surface area contributed by atoms with Gasteiger partial charge in [-0.1, -0.05) is 6.07 Å². The minimum absolute atomic E-state index is 0.250. The highest BCUT2D eigenvalue weighted by atomic mass is 32.1. The van der Waals surface area contributed by atoms with Crippen LogP contribution in [0.25, 0.3) is 0 Å². The summed E-state index contributed by atoms with van der Waals surface area (Å²) >= 11 is 3.36. The number of nitrogens with zero attached hydrogens (tertiary/aromatic N) is 3. The number of thiazole rings is 1. The van der Waals surface area contributed by atoms with Crippen LogP contribution >= 0.6 is 22.7 Å². The third kappa shape index (κ3) is 6.56. The molecule has 0 unspecified atom stereocenters. The van der Waals surface area contributed by atoms with Crippen LogP contribution in [0.1, 0.15) is 22.0 Å². The third-order valence-electron chi connectivity index (χ3n) is 3.90. The van der Waals surface area contributed by atoms with Crippen LogP contribution in [0.2, 0.25) is 0 Å². The fraction of sp³-hybridized carbons (Fsp3) is 0.471. The monoisotopic (exact) mass is 381 g/mol. The Morgan fingerprint density at radius 3 is 2.76 bits per heavy atom. The van der Waals surface area contributed by atoms with Gasteiger partial charge in [-0.3, -0.25) is 14.5 Å². The molecule has 25 heavy (non-hydrogen) atoms. The molecule has 0 saturated carbocycles. The topological polar surface area (TPSA) is 73.7 Å². The van der Waals surface area contributed by atoms with E-state index in [1.807, 2.05) is 29.3 Å². The Morgan fingerprint density at radius 1 is 1.32 bits per heavy atom. The number of aryl methyl sites for hydroxylation is 1. The lowest BCUT2D eigenvalue weighted by atomic mass is 10.3. The van der Waals surface area contributed by atoms with Gasteiger partial charge in [0.1, 0.15) is 0 Å². The summed E-state index contributed by atoms with van der Waals surface area (Å²) in [7, 11) is 0. The molecule has 0 aliphatic carbocycles. The fourth-order valence-electron chi connectivity index (χ4n) is 2.76. The molecular weight excluding hydrogens is 358 g/mol. The highest BCUT2D eigenvalue weighted by Gasteiger charge is 2.20. The van der Waals surface area contributed by atoms with E-state index in [1.54, 1.807) is 22.7 Å². The van der Waals surface area contributed by atoms with Gasteiger partial charge in [-0.05, 0) is 24.8 Å². The first-order valence-corrected chi connectivity index (χ1v) is 9.89. The standard InChI is InChI=1S/C16H21N3OS2.CH2O2/c1-13-17-14(12-22-13)11-18-5-3-6-19(8-7-18)16(20)10-15-4-2-9-21-15;2-1-3/h2,4,9,12H,3,5-8,10-11H2,1H3;1H,(H,2,3). The van der Waals surface area contributed by atoms with Crippen LogP contribution in [0.5, 0.6) is 0 Å². The molecule has 0 bridgehead atoms. The van der Waals surface area contributed by atoms with Gasteiger partial charge >= 0.3 is 0 Å². The van der Waals surface area contributed by atoms with Crippen molar-refractivity contribution in [1.82, 2.24) is 14.8 Å². The van der Waals surface area contributed by atoms with Gasteiger partial charge in [-0.25, -0.2) is 4.98 Å². The maximum atomic E-state index is 12.4. The van der Waals surface area contributed by atoms with Crippen LogP contribution < -0.4 is 0 Å². The quantitative estimate of drug-likeness (QED) is 0.824. The Bertz CT molecular complexity index is 658. The van der Waals surface area contributed by atoms with E-state index in [-0.39, 0.29) is 12.4 Å². The first-order chi connectivity index (χ1) is 12.1. The molecular formula is C17H23N3O3S2. The Morgan fingerprint density at radius 2 is 2.12 bits per heavy atom. The zero-order chi connectivity index (χ0) is 18.1. The number of carbonyl (C=O) groups is 2. The Kier molecular flexibility index (Phi) is 8.03. The molecule has 1 fully saturated rings. The van der Waals surface area contributed by atoms with Crippen LogP contribution in [0.4, 0.5) is 0 Å². The SMILES string of the molecule is Cc1nc(CN2CCCN(C(=O)Cc3cccs3)CC2)cs1.O=CO. The first kappa shape index (κ1) is 19.6. The van der Waals surface area contributed by atoms with Crippen molar-refractivity contribution in [2.75, 3.05) is 26.2 Å². The number of carbonyl (C=O) groups excluding carboxylic acids is 1. The first-order valence-electron chi connectivity index (χ1n) is 8.13. The molecule has 136 valence electrons. The summed E-state index contributed by atoms with van der Waals surface area (Å²) in [5, 5.41) is 12.2. The molecule has 6 nitrogen and oxygen atoms in total. The molecule has 0 aromatic carbocycles. The van der Waals surface area contributed by atoms with Crippen molar-refractivity contribution in [3.8, 4) is 0 Å². The van der Waals surface area contributed by atoms with Crippen LogP contribution in [0, 0.1) is 6.92 Å². The lowest BCUT2D eigenvalue weighted by Crippen LogP contribution is -2.35. The molecule has 0 radical (unpaired) electrons. The van der Waals surface area contributed by atoms with Gasteiger partial charge in [0.05, 0.1) is 17.1 Å². The van der Waals surface area contributed by atoms with Gasteiger partial charge in [-0.15, -0.1) is 22.7 Å². The lowest BCUT2D eigenvalue weighted by molar-refractivity contribution is -0.130. The summed E-state index contributed by atoms with van der Waals surface area (Å²) < 4.78 is 0. The molecule has 2 aromatic heterocycles. The highest BCUT2D eigenvalue weighted by Crippen LogP contribution is 2.14. The summed E-state index contributed by atoms with van der Waals surface area (Å²) in [6.07, 6.45) is 1.59. The second-order valence-corrected chi connectivity index (χ2v) is 7.82.